The number of hydrogen-bond donors (Lipinski definition) is 1. The van der Waals surface area contributed by atoms with Gasteiger partial charge in [0.1, 0.15) is 5.70 Å². The van der Waals surface area contributed by atoms with Crippen molar-refractivity contribution in [2.75, 3.05) is 7.11 Å². The Labute approximate surface area is 151 Å². The van der Waals surface area contributed by atoms with E-state index in [2.05, 4.69) is 18.3 Å². The van der Waals surface area contributed by atoms with Crippen molar-refractivity contribution in [1.29, 1.82) is 0 Å². The molecular weight excluding hydrogens is 314 g/mol. The first-order valence-corrected chi connectivity index (χ1v) is 8.88. The van der Waals surface area contributed by atoms with Crippen LogP contribution in [0.5, 0.6) is 0 Å². The maximum Gasteiger partial charge on any atom is 0.354 e. The number of carbonyl (C=O) groups excluding carboxylic acids is 2. The van der Waals surface area contributed by atoms with Gasteiger partial charge in [-0.2, -0.15) is 0 Å². The third-order valence-electron chi connectivity index (χ3n) is 3.79. The second-order valence-corrected chi connectivity index (χ2v) is 5.99. The standard InChI is InChI=1S/C21H29NO3/c1-4-5-6-7-8-12-15-19(16-18-13-10-9-11-14-18)20(21(24)25-3)22-17(2)23/h9-15H,4-8,16H2,1-3H3,(H,22,23)/b15-12+,20-19+. The maximum absolute atomic E-state index is 12.1. The lowest BCUT2D eigenvalue weighted by Gasteiger charge is -2.12. The number of methoxy groups -OCH3 is 1. The van der Waals surface area contributed by atoms with E-state index in [1.807, 2.05) is 36.4 Å². The summed E-state index contributed by atoms with van der Waals surface area (Å²) in [5.41, 5.74) is 2.03. The number of nitrogens with one attached hydrogen (secondary N) is 1. The molecule has 136 valence electrons. The molecule has 0 aliphatic rings. The SMILES string of the molecule is CCCCCC/C=C/C(Cc1ccccc1)=C(\NC(C)=O)C(=O)OC. The molecule has 0 aromatic heterocycles. The number of carbonyl (C=O) groups is 2. The third kappa shape index (κ3) is 8.34. The van der Waals surface area contributed by atoms with E-state index >= 15 is 0 Å². The molecule has 1 amide bonds. The van der Waals surface area contributed by atoms with E-state index in [-0.39, 0.29) is 11.6 Å². The van der Waals surface area contributed by atoms with Crippen LogP contribution in [-0.4, -0.2) is 19.0 Å². The van der Waals surface area contributed by atoms with Crippen molar-refractivity contribution in [1.82, 2.24) is 5.32 Å². The number of unbranched alkanes of at least 4 members (excludes halogenated alkanes) is 4. The summed E-state index contributed by atoms with van der Waals surface area (Å²) in [6.07, 6.45) is 10.3. The fraction of sp³-hybridized carbons (Fsp3) is 0.429. The fourth-order valence-electron chi connectivity index (χ4n) is 2.50. The molecule has 4 heteroatoms. The van der Waals surface area contributed by atoms with Crippen molar-refractivity contribution in [3.8, 4) is 0 Å². The Balaban J connectivity index is 3.01. The summed E-state index contributed by atoms with van der Waals surface area (Å²) >= 11 is 0. The van der Waals surface area contributed by atoms with Crippen LogP contribution in [0.2, 0.25) is 0 Å². The van der Waals surface area contributed by atoms with Crippen molar-refractivity contribution < 1.29 is 14.3 Å². The van der Waals surface area contributed by atoms with E-state index in [1.165, 1.54) is 33.3 Å². The molecule has 0 fully saturated rings. The summed E-state index contributed by atoms with van der Waals surface area (Å²) in [6, 6.07) is 9.86. The van der Waals surface area contributed by atoms with E-state index in [9.17, 15) is 9.59 Å². The minimum atomic E-state index is -0.531. The van der Waals surface area contributed by atoms with Crippen molar-refractivity contribution in [3.63, 3.8) is 0 Å². The summed E-state index contributed by atoms with van der Waals surface area (Å²) < 4.78 is 4.85. The smallest absolute Gasteiger partial charge is 0.354 e. The van der Waals surface area contributed by atoms with Crippen molar-refractivity contribution in [2.45, 2.75) is 52.4 Å². The Morgan fingerprint density at radius 2 is 1.84 bits per heavy atom. The van der Waals surface area contributed by atoms with Gasteiger partial charge in [0.25, 0.3) is 0 Å². The molecule has 4 nitrogen and oxygen atoms in total. The first kappa shape index (κ1) is 20.7. The number of hydrogen-bond acceptors (Lipinski definition) is 3. The molecule has 0 saturated carbocycles. The molecule has 25 heavy (non-hydrogen) atoms. The average Bonchev–Trinajstić information content (AvgIpc) is 2.61. The van der Waals surface area contributed by atoms with Crippen molar-refractivity contribution >= 4 is 11.9 Å². The monoisotopic (exact) mass is 343 g/mol. The molecule has 0 unspecified atom stereocenters. The molecule has 1 aromatic rings. The summed E-state index contributed by atoms with van der Waals surface area (Å²) in [7, 11) is 1.32. The third-order valence-corrected chi connectivity index (χ3v) is 3.79. The van der Waals surface area contributed by atoms with Gasteiger partial charge in [0.15, 0.2) is 0 Å². The highest BCUT2D eigenvalue weighted by Crippen LogP contribution is 2.15. The molecule has 0 spiro atoms. The Hall–Kier alpha value is -2.36. The molecule has 0 saturated heterocycles. The van der Waals surface area contributed by atoms with Gasteiger partial charge in [-0.3, -0.25) is 4.79 Å². The van der Waals surface area contributed by atoms with Crippen LogP contribution in [-0.2, 0) is 20.7 Å². The Morgan fingerprint density at radius 3 is 2.44 bits per heavy atom. The lowest BCUT2D eigenvalue weighted by molar-refractivity contribution is -0.137. The van der Waals surface area contributed by atoms with Crippen LogP contribution in [0.4, 0.5) is 0 Å². The zero-order chi connectivity index (χ0) is 18.5. The van der Waals surface area contributed by atoms with Crippen molar-refractivity contribution in [3.05, 3.63) is 59.3 Å². The molecule has 0 radical (unpaired) electrons. The van der Waals surface area contributed by atoms with Gasteiger partial charge in [-0.1, -0.05) is 68.7 Å². The lowest BCUT2D eigenvalue weighted by atomic mass is 10.0. The second kappa shape index (κ2) is 12.1. The number of amides is 1. The Kier molecular flexibility index (Phi) is 9.98. The topological polar surface area (TPSA) is 55.4 Å². The number of allylic oxidation sites excluding steroid dienone is 3. The van der Waals surface area contributed by atoms with Gasteiger partial charge in [-0.25, -0.2) is 4.79 Å². The van der Waals surface area contributed by atoms with E-state index in [4.69, 9.17) is 4.74 Å². The van der Waals surface area contributed by atoms with Gasteiger partial charge in [-0.05, 0) is 30.4 Å². The molecule has 0 heterocycles. The number of benzene rings is 1. The second-order valence-electron chi connectivity index (χ2n) is 5.99. The fourth-order valence-corrected chi connectivity index (χ4v) is 2.50. The zero-order valence-electron chi connectivity index (χ0n) is 15.5. The van der Waals surface area contributed by atoms with Gasteiger partial charge < -0.3 is 10.1 Å². The molecule has 1 aromatic carbocycles. The van der Waals surface area contributed by atoms with Gasteiger partial charge in [0, 0.05) is 6.92 Å². The zero-order valence-corrected chi connectivity index (χ0v) is 15.5. The van der Waals surface area contributed by atoms with Crippen molar-refractivity contribution in [2.24, 2.45) is 0 Å². The lowest BCUT2D eigenvalue weighted by Crippen LogP contribution is -2.27. The minimum Gasteiger partial charge on any atom is -0.464 e. The van der Waals surface area contributed by atoms with Gasteiger partial charge in [0.2, 0.25) is 5.91 Å². The number of ether oxygens (including phenoxy) is 1. The van der Waals surface area contributed by atoms with Crippen LogP contribution in [0.25, 0.3) is 0 Å². The molecule has 1 rings (SSSR count). The van der Waals surface area contributed by atoms with Crippen LogP contribution in [0, 0.1) is 0 Å². The first-order valence-electron chi connectivity index (χ1n) is 8.88. The minimum absolute atomic E-state index is 0.212. The van der Waals surface area contributed by atoms with Crippen LogP contribution in [0.1, 0.15) is 51.5 Å². The number of esters is 1. The van der Waals surface area contributed by atoms with Gasteiger partial charge in [-0.15, -0.1) is 0 Å². The largest absolute Gasteiger partial charge is 0.464 e. The Morgan fingerprint density at radius 1 is 1.12 bits per heavy atom. The summed E-state index contributed by atoms with van der Waals surface area (Å²) in [6.45, 7) is 3.57. The molecule has 0 aliphatic carbocycles. The predicted octanol–water partition coefficient (Wildman–Crippen LogP) is 4.32. The van der Waals surface area contributed by atoms with E-state index in [0.29, 0.717) is 6.42 Å². The van der Waals surface area contributed by atoms with Gasteiger partial charge in [0.05, 0.1) is 7.11 Å². The van der Waals surface area contributed by atoms with Crippen LogP contribution in [0.3, 0.4) is 0 Å². The molecule has 0 atom stereocenters. The number of rotatable bonds is 10. The van der Waals surface area contributed by atoms with E-state index in [0.717, 1.165) is 24.0 Å². The maximum atomic E-state index is 12.1. The Bertz CT molecular complexity index is 603. The highest BCUT2D eigenvalue weighted by atomic mass is 16.5. The van der Waals surface area contributed by atoms with Crippen LogP contribution in [0.15, 0.2) is 53.8 Å². The van der Waals surface area contributed by atoms with E-state index in [1.54, 1.807) is 0 Å². The summed E-state index contributed by atoms with van der Waals surface area (Å²) in [4.78, 5) is 23.6. The quantitative estimate of drug-likeness (QED) is 0.298. The van der Waals surface area contributed by atoms with Crippen LogP contribution >= 0.6 is 0 Å². The molecular formula is C21H29NO3. The molecule has 0 aliphatic heterocycles. The summed E-state index contributed by atoms with van der Waals surface area (Å²) in [5.74, 6) is -0.820. The molecule has 0 bridgehead atoms. The van der Waals surface area contributed by atoms with Gasteiger partial charge >= 0.3 is 5.97 Å². The van der Waals surface area contributed by atoms with E-state index < -0.39 is 5.97 Å². The predicted molar refractivity (Wildman–Crippen MR) is 101 cm³/mol. The first-order chi connectivity index (χ1) is 12.1. The normalized spacial score (nSPS) is 12.0. The summed E-state index contributed by atoms with van der Waals surface area (Å²) in [5, 5.41) is 2.63. The average molecular weight is 343 g/mol. The highest BCUT2D eigenvalue weighted by molar-refractivity contribution is 5.94. The highest BCUT2D eigenvalue weighted by Gasteiger charge is 2.16. The van der Waals surface area contributed by atoms with Crippen LogP contribution < -0.4 is 5.32 Å². The molecule has 1 N–H and O–H groups in total.